The predicted octanol–water partition coefficient (Wildman–Crippen LogP) is -0.283. The fraction of sp³-hybridized carbons (Fsp3) is 0.400. The highest BCUT2D eigenvalue weighted by atomic mass is 32.2. The SMILES string of the molecule is Cc1ccc(C(=O)NCCS(N)(=O)=O)c(C)n1. The summed E-state index contributed by atoms with van der Waals surface area (Å²) in [7, 11) is -3.55. The van der Waals surface area contributed by atoms with E-state index in [1.165, 1.54) is 0 Å². The lowest BCUT2D eigenvalue weighted by molar-refractivity contribution is 0.0955. The van der Waals surface area contributed by atoms with Gasteiger partial charge in [0, 0.05) is 12.2 Å². The van der Waals surface area contributed by atoms with Crippen LogP contribution in [-0.4, -0.2) is 31.6 Å². The van der Waals surface area contributed by atoms with E-state index in [0.717, 1.165) is 5.69 Å². The fourth-order valence-corrected chi connectivity index (χ4v) is 1.72. The Hall–Kier alpha value is -1.47. The summed E-state index contributed by atoms with van der Waals surface area (Å²) in [6.07, 6.45) is 0. The van der Waals surface area contributed by atoms with Gasteiger partial charge in [0.05, 0.1) is 17.0 Å². The standard InChI is InChI=1S/C10H15N3O3S/c1-7-3-4-9(8(2)13-7)10(14)12-5-6-17(11,15)16/h3-4H,5-6H2,1-2H3,(H,12,14)(H2,11,15,16). The molecule has 94 valence electrons. The molecule has 0 aromatic carbocycles. The van der Waals surface area contributed by atoms with Crippen molar-refractivity contribution in [3.8, 4) is 0 Å². The fourth-order valence-electron chi connectivity index (χ4n) is 1.33. The number of nitrogens with two attached hydrogens (primary N) is 1. The summed E-state index contributed by atoms with van der Waals surface area (Å²) in [6.45, 7) is 3.54. The Bertz CT molecular complexity index is 526. The monoisotopic (exact) mass is 257 g/mol. The van der Waals surface area contributed by atoms with Crippen LogP contribution in [0.2, 0.25) is 0 Å². The van der Waals surface area contributed by atoms with Crippen LogP contribution in [-0.2, 0) is 10.0 Å². The Morgan fingerprint density at radius 3 is 2.59 bits per heavy atom. The first-order valence-corrected chi connectivity index (χ1v) is 6.74. The molecule has 0 aliphatic rings. The first-order chi connectivity index (χ1) is 7.79. The average molecular weight is 257 g/mol. The quantitative estimate of drug-likeness (QED) is 0.774. The topological polar surface area (TPSA) is 102 Å². The Kier molecular flexibility index (Phi) is 4.19. The number of pyridine rings is 1. The van der Waals surface area contributed by atoms with Crippen LogP contribution in [0.4, 0.5) is 0 Å². The van der Waals surface area contributed by atoms with E-state index in [1.54, 1.807) is 19.1 Å². The molecule has 0 spiro atoms. The Balaban J connectivity index is 2.65. The lowest BCUT2D eigenvalue weighted by atomic mass is 10.2. The summed E-state index contributed by atoms with van der Waals surface area (Å²) in [4.78, 5) is 15.8. The number of carbonyl (C=O) groups excluding carboxylic acids is 1. The van der Waals surface area contributed by atoms with Gasteiger partial charge in [-0.15, -0.1) is 0 Å². The van der Waals surface area contributed by atoms with Gasteiger partial charge in [0.25, 0.3) is 5.91 Å². The Labute approximate surface area is 100 Å². The van der Waals surface area contributed by atoms with Crippen molar-refractivity contribution >= 4 is 15.9 Å². The average Bonchev–Trinajstić information content (AvgIpc) is 2.15. The maximum Gasteiger partial charge on any atom is 0.253 e. The summed E-state index contributed by atoms with van der Waals surface area (Å²) in [5, 5.41) is 7.30. The number of aromatic nitrogens is 1. The van der Waals surface area contributed by atoms with E-state index >= 15 is 0 Å². The molecule has 0 unspecified atom stereocenters. The van der Waals surface area contributed by atoms with Crippen LogP contribution < -0.4 is 10.5 Å². The van der Waals surface area contributed by atoms with E-state index in [0.29, 0.717) is 11.3 Å². The molecule has 0 fully saturated rings. The molecule has 17 heavy (non-hydrogen) atoms. The number of nitrogens with one attached hydrogen (secondary N) is 1. The highest BCUT2D eigenvalue weighted by Gasteiger charge is 2.10. The first kappa shape index (κ1) is 13.6. The third-order valence-electron chi connectivity index (χ3n) is 2.14. The molecular formula is C10H15N3O3S. The van der Waals surface area contributed by atoms with Gasteiger partial charge in [0.2, 0.25) is 10.0 Å². The van der Waals surface area contributed by atoms with Crippen LogP contribution in [0, 0.1) is 13.8 Å². The minimum atomic E-state index is -3.55. The molecule has 7 heteroatoms. The smallest absolute Gasteiger partial charge is 0.253 e. The minimum Gasteiger partial charge on any atom is -0.351 e. The van der Waals surface area contributed by atoms with Crippen LogP contribution in [0.15, 0.2) is 12.1 Å². The Morgan fingerprint density at radius 1 is 1.41 bits per heavy atom. The molecule has 1 heterocycles. The van der Waals surface area contributed by atoms with Crippen LogP contribution >= 0.6 is 0 Å². The second kappa shape index (κ2) is 5.24. The van der Waals surface area contributed by atoms with E-state index in [-0.39, 0.29) is 18.2 Å². The molecule has 0 saturated heterocycles. The van der Waals surface area contributed by atoms with E-state index < -0.39 is 10.0 Å². The van der Waals surface area contributed by atoms with Crippen LogP contribution in [0.1, 0.15) is 21.7 Å². The van der Waals surface area contributed by atoms with Gasteiger partial charge in [-0.2, -0.15) is 0 Å². The summed E-state index contributed by atoms with van der Waals surface area (Å²) in [5.41, 5.74) is 1.87. The normalized spacial score (nSPS) is 11.2. The molecule has 6 nitrogen and oxygen atoms in total. The molecule has 3 N–H and O–H groups in total. The van der Waals surface area contributed by atoms with E-state index in [4.69, 9.17) is 5.14 Å². The lowest BCUT2D eigenvalue weighted by Gasteiger charge is -2.07. The highest BCUT2D eigenvalue weighted by molar-refractivity contribution is 7.89. The lowest BCUT2D eigenvalue weighted by Crippen LogP contribution is -2.31. The molecule has 0 saturated carbocycles. The van der Waals surface area contributed by atoms with Gasteiger partial charge in [-0.25, -0.2) is 13.6 Å². The van der Waals surface area contributed by atoms with Crippen molar-refractivity contribution in [1.82, 2.24) is 10.3 Å². The number of aryl methyl sites for hydroxylation is 2. The summed E-state index contributed by atoms with van der Waals surface area (Å²) in [6, 6.07) is 3.38. The van der Waals surface area contributed by atoms with Gasteiger partial charge in [-0.05, 0) is 26.0 Å². The molecule has 0 bridgehead atoms. The molecule has 0 radical (unpaired) electrons. The van der Waals surface area contributed by atoms with Gasteiger partial charge >= 0.3 is 0 Å². The summed E-state index contributed by atoms with van der Waals surface area (Å²) in [5.74, 6) is -0.629. The van der Waals surface area contributed by atoms with E-state index in [1.807, 2.05) is 6.92 Å². The number of rotatable bonds is 4. The zero-order valence-electron chi connectivity index (χ0n) is 9.73. The molecular weight excluding hydrogens is 242 g/mol. The number of hydrogen-bond donors (Lipinski definition) is 2. The molecule has 1 rings (SSSR count). The van der Waals surface area contributed by atoms with Crippen LogP contribution in [0.3, 0.4) is 0 Å². The number of carbonyl (C=O) groups is 1. The van der Waals surface area contributed by atoms with Gasteiger partial charge < -0.3 is 5.32 Å². The Morgan fingerprint density at radius 2 is 2.06 bits per heavy atom. The zero-order chi connectivity index (χ0) is 13.1. The van der Waals surface area contributed by atoms with Crippen LogP contribution in [0.25, 0.3) is 0 Å². The number of primary sulfonamides is 1. The van der Waals surface area contributed by atoms with Crippen LogP contribution in [0.5, 0.6) is 0 Å². The molecule has 1 aromatic heterocycles. The predicted molar refractivity (Wildman–Crippen MR) is 64.0 cm³/mol. The summed E-state index contributed by atoms with van der Waals surface area (Å²) < 4.78 is 21.3. The number of sulfonamides is 1. The number of hydrogen-bond acceptors (Lipinski definition) is 4. The molecule has 1 aromatic rings. The molecule has 0 aliphatic heterocycles. The van der Waals surface area contributed by atoms with Crippen molar-refractivity contribution in [2.75, 3.05) is 12.3 Å². The summed E-state index contributed by atoms with van der Waals surface area (Å²) >= 11 is 0. The van der Waals surface area contributed by atoms with Crippen molar-refractivity contribution in [3.63, 3.8) is 0 Å². The van der Waals surface area contributed by atoms with Crippen molar-refractivity contribution in [1.29, 1.82) is 0 Å². The third-order valence-corrected chi connectivity index (χ3v) is 2.91. The third kappa shape index (κ3) is 4.49. The van der Waals surface area contributed by atoms with E-state index in [9.17, 15) is 13.2 Å². The maximum atomic E-state index is 11.7. The second-order valence-corrected chi connectivity index (χ2v) is 5.44. The van der Waals surface area contributed by atoms with Crippen molar-refractivity contribution in [2.24, 2.45) is 5.14 Å². The van der Waals surface area contributed by atoms with Gasteiger partial charge in [-0.1, -0.05) is 0 Å². The number of amides is 1. The largest absolute Gasteiger partial charge is 0.351 e. The molecule has 1 amide bonds. The highest BCUT2D eigenvalue weighted by Crippen LogP contribution is 2.05. The first-order valence-electron chi connectivity index (χ1n) is 5.02. The van der Waals surface area contributed by atoms with Gasteiger partial charge in [-0.3, -0.25) is 9.78 Å². The van der Waals surface area contributed by atoms with E-state index in [2.05, 4.69) is 10.3 Å². The van der Waals surface area contributed by atoms with Crippen molar-refractivity contribution < 1.29 is 13.2 Å². The zero-order valence-corrected chi connectivity index (χ0v) is 10.5. The minimum absolute atomic E-state index is 0.00895. The molecule has 0 atom stereocenters. The van der Waals surface area contributed by atoms with Gasteiger partial charge in [0.1, 0.15) is 0 Å². The maximum absolute atomic E-state index is 11.7. The van der Waals surface area contributed by atoms with Crippen molar-refractivity contribution in [3.05, 3.63) is 29.1 Å². The second-order valence-electron chi connectivity index (χ2n) is 3.71. The number of nitrogens with zero attached hydrogens (tertiary/aromatic N) is 1. The van der Waals surface area contributed by atoms with Gasteiger partial charge in [0.15, 0.2) is 0 Å². The van der Waals surface area contributed by atoms with Crippen molar-refractivity contribution in [2.45, 2.75) is 13.8 Å². The molecule has 0 aliphatic carbocycles.